The van der Waals surface area contributed by atoms with Gasteiger partial charge in [0.2, 0.25) is 0 Å². The summed E-state index contributed by atoms with van der Waals surface area (Å²) >= 11 is 3.58. The summed E-state index contributed by atoms with van der Waals surface area (Å²) < 4.78 is 3.12. The summed E-state index contributed by atoms with van der Waals surface area (Å²) in [6.07, 6.45) is 1.75. The van der Waals surface area contributed by atoms with Crippen LogP contribution < -0.4 is 0 Å². The fraction of sp³-hybridized carbons (Fsp3) is 0.273. The Labute approximate surface area is 97.3 Å². The van der Waals surface area contributed by atoms with E-state index in [0.717, 1.165) is 22.4 Å². The number of aromatic nitrogens is 3. The molecule has 0 N–H and O–H groups in total. The zero-order valence-electron chi connectivity index (χ0n) is 8.74. The van der Waals surface area contributed by atoms with E-state index in [1.54, 1.807) is 6.33 Å². The molecule has 3 nitrogen and oxygen atoms in total. The standard InChI is InChI=1S/C11H12BrN3/c1-3-15-7-13-14-11(15)9-6-4-5-8(2)10(9)12/h4-7H,3H2,1-2H3. The van der Waals surface area contributed by atoms with E-state index >= 15 is 0 Å². The van der Waals surface area contributed by atoms with Gasteiger partial charge in [0, 0.05) is 16.6 Å². The van der Waals surface area contributed by atoms with Gasteiger partial charge in [-0.15, -0.1) is 10.2 Å². The van der Waals surface area contributed by atoms with E-state index in [0.29, 0.717) is 0 Å². The number of hydrogen-bond acceptors (Lipinski definition) is 2. The number of nitrogens with zero attached hydrogens (tertiary/aromatic N) is 3. The second-order valence-corrected chi connectivity index (χ2v) is 4.17. The topological polar surface area (TPSA) is 30.7 Å². The lowest BCUT2D eigenvalue weighted by Crippen LogP contribution is -1.97. The zero-order chi connectivity index (χ0) is 10.8. The maximum absolute atomic E-state index is 4.14. The van der Waals surface area contributed by atoms with Crippen LogP contribution in [-0.4, -0.2) is 14.8 Å². The normalized spacial score (nSPS) is 10.6. The molecule has 0 radical (unpaired) electrons. The van der Waals surface area contributed by atoms with Gasteiger partial charge >= 0.3 is 0 Å². The fourth-order valence-corrected chi connectivity index (χ4v) is 1.96. The van der Waals surface area contributed by atoms with Crippen LogP contribution in [0.15, 0.2) is 29.0 Å². The van der Waals surface area contributed by atoms with E-state index < -0.39 is 0 Å². The molecule has 0 spiro atoms. The van der Waals surface area contributed by atoms with Crippen LogP contribution in [0.4, 0.5) is 0 Å². The lowest BCUT2D eigenvalue weighted by molar-refractivity contribution is 0.766. The summed E-state index contributed by atoms with van der Waals surface area (Å²) in [7, 11) is 0. The molecule has 15 heavy (non-hydrogen) atoms. The molecule has 0 fully saturated rings. The third-order valence-corrected chi connectivity index (χ3v) is 3.44. The van der Waals surface area contributed by atoms with Crippen molar-refractivity contribution in [3.05, 3.63) is 34.6 Å². The van der Waals surface area contributed by atoms with E-state index in [9.17, 15) is 0 Å². The van der Waals surface area contributed by atoms with Crippen molar-refractivity contribution in [2.75, 3.05) is 0 Å². The highest BCUT2D eigenvalue weighted by Gasteiger charge is 2.10. The molecule has 2 aromatic rings. The van der Waals surface area contributed by atoms with Crippen molar-refractivity contribution in [3.63, 3.8) is 0 Å². The average Bonchev–Trinajstić information content (AvgIpc) is 2.70. The maximum atomic E-state index is 4.14. The number of benzene rings is 1. The maximum Gasteiger partial charge on any atom is 0.164 e. The van der Waals surface area contributed by atoms with Crippen LogP contribution >= 0.6 is 15.9 Å². The number of halogens is 1. The Balaban J connectivity index is 2.59. The Kier molecular flexibility index (Phi) is 2.86. The minimum absolute atomic E-state index is 0.878. The SMILES string of the molecule is CCn1cnnc1-c1cccc(C)c1Br. The quantitative estimate of drug-likeness (QED) is 0.836. The molecular formula is C11H12BrN3. The molecule has 0 aliphatic carbocycles. The molecular weight excluding hydrogens is 254 g/mol. The smallest absolute Gasteiger partial charge is 0.164 e. The number of rotatable bonds is 2. The van der Waals surface area contributed by atoms with E-state index in [2.05, 4.69) is 46.0 Å². The monoisotopic (exact) mass is 265 g/mol. The number of hydrogen-bond donors (Lipinski definition) is 0. The molecule has 0 amide bonds. The molecule has 0 aliphatic heterocycles. The fourth-order valence-electron chi connectivity index (χ4n) is 1.52. The highest BCUT2D eigenvalue weighted by Crippen LogP contribution is 2.29. The van der Waals surface area contributed by atoms with Gasteiger partial charge in [-0.1, -0.05) is 18.2 Å². The summed E-state index contributed by atoms with van der Waals surface area (Å²) in [5.41, 5.74) is 2.30. The first-order valence-electron chi connectivity index (χ1n) is 4.87. The van der Waals surface area contributed by atoms with Crippen molar-refractivity contribution in [1.29, 1.82) is 0 Å². The van der Waals surface area contributed by atoms with Gasteiger partial charge in [-0.05, 0) is 35.3 Å². The lowest BCUT2D eigenvalue weighted by atomic mass is 10.1. The largest absolute Gasteiger partial charge is 0.314 e. The van der Waals surface area contributed by atoms with Crippen LogP contribution in [-0.2, 0) is 6.54 Å². The van der Waals surface area contributed by atoms with Crippen LogP contribution in [0.5, 0.6) is 0 Å². The predicted molar refractivity (Wildman–Crippen MR) is 63.6 cm³/mol. The second kappa shape index (κ2) is 4.14. The van der Waals surface area contributed by atoms with Crippen molar-refractivity contribution in [2.24, 2.45) is 0 Å². The van der Waals surface area contributed by atoms with Gasteiger partial charge < -0.3 is 4.57 Å². The molecule has 1 heterocycles. The van der Waals surface area contributed by atoms with E-state index in [-0.39, 0.29) is 0 Å². The average molecular weight is 266 g/mol. The highest BCUT2D eigenvalue weighted by atomic mass is 79.9. The molecule has 1 aromatic heterocycles. The Morgan fingerprint density at radius 1 is 1.40 bits per heavy atom. The van der Waals surface area contributed by atoms with Crippen LogP contribution in [0.25, 0.3) is 11.4 Å². The summed E-state index contributed by atoms with van der Waals surface area (Å²) in [6, 6.07) is 6.15. The summed E-state index contributed by atoms with van der Waals surface area (Å²) in [4.78, 5) is 0. The minimum atomic E-state index is 0.878. The molecule has 0 unspecified atom stereocenters. The Morgan fingerprint density at radius 3 is 2.93 bits per heavy atom. The van der Waals surface area contributed by atoms with E-state index in [4.69, 9.17) is 0 Å². The van der Waals surface area contributed by atoms with Gasteiger partial charge in [0.05, 0.1) is 0 Å². The van der Waals surface area contributed by atoms with Gasteiger partial charge in [0.1, 0.15) is 6.33 Å². The Hall–Kier alpha value is -1.16. The van der Waals surface area contributed by atoms with Crippen LogP contribution in [0.1, 0.15) is 12.5 Å². The van der Waals surface area contributed by atoms with Crippen molar-refractivity contribution in [2.45, 2.75) is 20.4 Å². The van der Waals surface area contributed by atoms with Gasteiger partial charge in [-0.2, -0.15) is 0 Å². The highest BCUT2D eigenvalue weighted by molar-refractivity contribution is 9.10. The van der Waals surface area contributed by atoms with Crippen molar-refractivity contribution in [3.8, 4) is 11.4 Å². The van der Waals surface area contributed by atoms with E-state index in [1.165, 1.54) is 5.56 Å². The third kappa shape index (κ3) is 1.81. The van der Waals surface area contributed by atoms with Crippen LogP contribution in [0.2, 0.25) is 0 Å². The van der Waals surface area contributed by atoms with Crippen molar-refractivity contribution >= 4 is 15.9 Å². The molecule has 2 rings (SSSR count). The third-order valence-electron chi connectivity index (χ3n) is 2.39. The molecule has 78 valence electrons. The first kappa shape index (κ1) is 10.4. The van der Waals surface area contributed by atoms with Crippen molar-refractivity contribution in [1.82, 2.24) is 14.8 Å². The summed E-state index contributed by atoms with van der Waals surface area (Å²) in [6.45, 7) is 5.03. The minimum Gasteiger partial charge on any atom is -0.314 e. The first-order chi connectivity index (χ1) is 7.24. The van der Waals surface area contributed by atoms with Gasteiger partial charge in [-0.25, -0.2) is 0 Å². The van der Waals surface area contributed by atoms with Gasteiger partial charge in [0.25, 0.3) is 0 Å². The van der Waals surface area contributed by atoms with Crippen LogP contribution in [0, 0.1) is 6.92 Å². The first-order valence-corrected chi connectivity index (χ1v) is 5.66. The second-order valence-electron chi connectivity index (χ2n) is 3.38. The summed E-state index contributed by atoms with van der Waals surface area (Å²) in [5, 5.41) is 8.07. The summed E-state index contributed by atoms with van der Waals surface area (Å²) in [5.74, 6) is 0.910. The van der Waals surface area contributed by atoms with Crippen molar-refractivity contribution < 1.29 is 0 Å². The van der Waals surface area contributed by atoms with Gasteiger partial charge in [-0.3, -0.25) is 0 Å². The molecule has 0 atom stereocenters. The lowest BCUT2D eigenvalue weighted by Gasteiger charge is -2.07. The van der Waals surface area contributed by atoms with E-state index in [1.807, 2.05) is 16.7 Å². The molecule has 0 saturated carbocycles. The molecule has 4 heteroatoms. The Bertz CT molecular complexity index is 476. The molecule has 0 aliphatic rings. The molecule has 0 saturated heterocycles. The zero-order valence-corrected chi connectivity index (χ0v) is 10.3. The van der Waals surface area contributed by atoms with Crippen LogP contribution in [0.3, 0.4) is 0 Å². The number of aryl methyl sites for hydroxylation is 2. The van der Waals surface area contributed by atoms with Gasteiger partial charge in [0.15, 0.2) is 5.82 Å². The Morgan fingerprint density at radius 2 is 2.20 bits per heavy atom. The molecule has 0 bridgehead atoms. The predicted octanol–water partition coefficient (Wildman–Crippen LogP) is 3.04. The molecule has 1 aromatic carbocycles.